The summed E-state index contributed by atoms with van der Waals surface area (Å²) in [5.74, 6) is 0.967. The number of fused-ring (bicyclic) bond motifs is 1. The molecule has 1 aliphatic heterocycles. The number of hydrogen-bond donors (Lipinski definition) is 1. The van der Waals surface area contributed by atoms with Crippen molar-refractivity contribution >= 4 is 5.91 Å². The fourth-order valence-corrected chi connectivity index (χ4v) is 3.21. The van der Waals surface area contributed by atoms with Crippen molar-refractivity contribution < 1.29 is 14.6 Å². The molecule has 4 heteroatoms. The van der Waals surface area contributed by atoms with Crippen LogP contribution in [-0.4, -0.2) is 29.6 Å². The highest BCUT2D eigenvalue weighted by Gasteiger charge is 2.26. The quantitative estimate of drug-likeness (QED) is 0.830. The van der Waals surface area contributed by atoms with Crippen molar-refractivity contribution in [2.75, 3.05) is 13.7 Å². The van der Waals surface area contributed by atoms with Crippen LogP contribution in [0.15, 0.2) is 49.1 Å². The molecule has 0 saturated heterocycles. The smallest absolute Gasteiger partial charge is 0.254 e. The highest BCUT2D eigenvalue weighted by atomic mass is 16.5. The lowest BCUT2D eigenvalue weighted by Gasteiger charge is -2.18. The summed E-state index contributed by atoms with van der Waals surface area (Å²) >= 11 is 0. The maximum atomic E-state index is 12.4. The third kappa shape index (κ3) is 2.87. The van der Waals surface area contributed by atoms with Gasteiger partial charge in [-0.15, -0.1) is 6.58 Å². The van der Waals surface area contributed by atoms with Gasteiger partial charge in [0.25, 0.3) is 5.91 Å². The molecule has 0 fully saturated rings. The number of benzene rings is 2. The molecule has 0 atom stereocenters. The van der Waals surface area contributed by atoms with Crippen LogP contribution in [0.5, 0.6) is 11.5 Å². The van der Waals surface area contributed by atoms with E-state index in [0.717, 1.165) is 22.3 Å². The minimum Gasteiger partial charge on any atom is -0.508 e. The van der Waals surface area contributed by atoms with Crippen LogP contribution in [-0.2, 0) is 19.4 Å². The van der Waals surface area contributed by atoms with E-state index in [-0.39, 0.29) is 11.7 Å². The summed E-state index contributed by atoms with van der Waals surface area (Å²) in [6.45, 7) is 4.99. The highest BCUT2D eigenvalue weighted by molar-refractivity contribution is 5.98. The Morgan fingerprint density at radius 2 is 2.08 bits per heavy atom. The van der Waals surface area contributed by atoms with E-state index >= 15 is 0 Å². The molecular formula is C20H21NO3. The van der Waals surface area contributed by atoms with Crippen molar-refractivity contribution in [3.63, 3.8) is 0 Å². The normalized spacial score (nSPS) is 13.0. The Bertz CT molecular complexity index is 782. The molecule has 0 aromatic heterocycles. The molecule has 0 radical (unpaired) electrons. The SMILES string of the molecule is C=CCc1c(O)ccc(CCN2Cc3ccccc3C2=O)c1OC. The molecule has 0 saturated carbocycles. The van der Waals surface area contributed by atoms with Gasteiger partial charge in [-0.05, 0) is 36.1 Å². The maximum Gasteiger partial charge on any atom is 0.254 e. The molecule has 0 aliphatic carbocycles. The van der Waals surface area contributed by atoms with E-state index in [4.69, 9.17) is 4.74 Å². The standard InChI is InChI=1S/C20H21NO3/c1-3-6-17-18(22)10-9-14(19(17)24-2)11-12-21-13-15-7-4-5-8-16(15)20(21)23/h3-5,7-10,22H,1,6,11-13H2,2H3. The van der Waals surface area contributed by atoms with Crippen LogP contribution in [0.1, 0.15) is 27.0 Å². The predicted molar refractivity (Wildman–Crippen MR) is 93.4 cm³/mol. The Morgan fingerprint density at radius 3 is 2.79 bits per heavy atom. The summed E-state index contributed by atoms with van der Waals surface area (Å²) in [6, 6.07) is 11.3. The van der Waals surface area contributed by atoms with E-state index in [1.165, 1.54) is 0 Å². The van der Waals surface area contributed by atoms with E-state index in [9.17, 15) is 9.90 Å². The molecule has 124 valence electrons. The minimum absolute atomic E-state index is 0.0784. The van der Waals surface area contributed by atoms with Crippen molar-refractivity contribution in [1.29, 1.82) is 0 Å². The van der Waals surface area contributed by atoms with Gasteiger partial charge in [-0.3, -0.25) is 4.79 Å². The largest absolute Gasteiger partial charge is 0.508 e. The minimum atomic E-state index is 0.0784. The Labute approximate surface area is 142 Å². The summed E-state index contributed by atoms with van der Waals surface area (Å²) < 4.78 is 5.50. The summed E-state index contributed by atoms with van der Waals surface area (Å²) in [6.07, 6.45) is 2.95. The van der Waals surface area contributed by atoms with Crippen molar-refractivity contribution in [3.8, 4) is 11.5 Å². The Kier molecular flexibility index (Phi) is 4.56. The van der Waals surface area contributed by atoms with Crippen LogP contribution < -0.4 is 4.74 Å². The number of amides is 1. The van der Waals surface area contributed by atoms with Gasteiger partial charge >= 0.3 is 0 Å². The molecule has 0 unspecified atom stereocenters. The third-order valence-corrected chi connectivity index (χ3v) is 4.42. The van der Waals surface area contributed by atoms with Crippen LogP contribution in [0.2, 0.25) is 0 Å². The molecule has 1 N–H and O–H groups in total. The number of aromatic hydroxyl groups is 1. The van der Waals surface area contributed by atoms with E-state index in [1.807, 2.05) is 35.2 Å². The summed E-state index contributed by atoms with van der Waals surface area (Å²) in [4.78, 5) is 14.3. The van der Waals surface area contributed by atoms with E-state index in [2.05, 4.69) is 6.58 Å². The van der Waals surface area contributed by atoms with Crippen LogP contribution in [0.4, 0.5) is 0 Å². The van der Waals surface area contributed by atoms with Gasteiger partial charge in [0.1, 0.15) is 11.5 Å². The number of phenols is 1. The number of nitrogens with zero attached hydrogens (tertiary/aromatic N) is 1. The van der Waals surface area contributed by atoms with Gasteiger partial charge < -0.3 is 14.7 Å². The number of rotatable bonds is 6. The number of ether oxygens (including phenoxy) is 1. The average molecular weight is 323 g/mol. The zero-order valence-electron chi connectivity index (χ0n) is 13.8. The van der Waals surface area contributed by atoms with Gasteiger partial charge in [0.05, 0.1) is 7.11 Å². The second-order valence-corrected chi connectivity index (χ2v) is 5.88. The number of carbonyl (C=O) groups is 1. The second-order valence-electron chi connectivity index (χ2n) is 5.88. The van der Waals surface area contributed by atoms with Crippen molar-refractivity contribution in [1.82, 2.24) is 4.90 Å². The molecule has 3 rings (SSSR count). The topological polar surface area (TPSA) is 49.8 Å². The fraction of sp³-hybridized carbons (Fsp3) is 0.250. The van der Waals surface area contributed by atoms with Crippen LogP contribution in [0, 0.1) is 0 Å². The van der Waals surface area contributed by atoms with E-state index < -0.39 is 0 Å². The second kappa shape index (κ2) is 6.79. The lowest BCUT2D eigenvalue weighted by Crippen LogP contribution is -2.26. The first-order chi connectivity index (χ1) is 11.7. The molecule has 1 aliphatic rings. The van der Waals surface area contributed by atoms with Crippen LogP contribution in [0.25, 0.3) is 0 Å². The zero-order chi connectivity index (χ0) is 17.1. The number of carbonyl (C=O) groups excluding carboxylic acids is 1. The molecule has 24 heavy (non-hydrogen) atoms. The first-order valence-electron chi connectivity index (χ1n) is 8.01. The molecular weight excluding hydrogens is 302 g/mol. The van der Waals surface area contributed by atoms with Gasteiger partial charge in [0, 0.05) is 24.2 Å². The molecule has 1 heterocycles. The monoisotopic (exact) mass is 323 g/mol. The Hall–Kier alpha value is -2.75. The molecule has 0 bridgehead atoms. The van der Waals surface area contributed by atoms with Crippen molar-refractivity contribution in [2.45, 2.75) is 19.4 Å². The number of hydrogen-bond acceptors (Lipinski definition) is 3. The Balaban J connectivity index is 1.77. The predicted octanol–water partition coefficient (Wildman–Crippen LogP) is 3.33. The summed E-state index contributed by atoms with van der Waals surface area (Å²) in [5.41, 5.74) is 3.59. The molecule has 2 aromatic rings. The lowest BCUT2D eigenvalue weighted by molar-refractivity contribution is 0.0780. The van der Waals surface area contributed by atoms with Crippen LogP contribution in [0.3, 0.4) is 0 Å². The molecule has 0 spiro atoms. The fourth-order valence-electron chi connectivity index (χ4n) is 3.21. The van der Waals surface area contributed by atoms with Crippen LogP contribution >= 0.6 is 0 Å². The molecule has 4 nitrogen and oxygen atoms in total. The lowest BCUT2D eigenvalue weighted by atomic mass is 10.0. The maximum absolute atomic E-state index is 12.4. The molecule has 1 amide bonds. The van der Waals surface area contributed by atoms with E-state index in [1.54, 1.807) is 19.3 Å². The van der Waals surface area contributed by atoms with Gasteiger partial charge in [0.2, 0.25) is 0 Å². The number of phenolic OH excluding ortho intramolecular Hbond substituents is 1. The molecule has 2 aromatic carbocycles. The number of methoxy groups -OCH3 is 1. The van der Waals surface area contributed by atoms with Crippen molar-refractivity contribution in [3.05, 3.63) is 71.3 Å². The third-order valence-electron chi connectivity index (χ3n) is 4.42. The van der Waals surface area contributed by atoms with E-state index in [0.29, 0.717) is 31.7 Å². The van der Waals surface area contributed by atoms with Gasteiger partial charge in [-0.2, -0.15) is 0 Å². The van der Waals surface area contributed by atoms with Gasteiger partial charge in [-0.1, -0.05) is 30.3 Å². The van der Waals surface area contributed by atoms with Gasteiger partial charge in [-0.25, -0.2) is 0 Å². The summed E-state index contributed by atoms with van der Waals surface area (Å²) in [7, 11) is 1.60. The Morgan fingerprint density at radius 1 is 1.29 bits per heavy atom. The number of allylic oxidation sites excluding steroid dienone is 1. The average Bonchev–Trinajstić information content (AvgIpc) is 2.92. The first-order valence-corrected chi connectivity index (χ1v) is 8.01. The zero-order valence-corrected chi connectivity index (χ0v) is 13.8. The highest BCUT2D eigenvalue weighted by Crippen LogP contribution is 2.33. The van der Waals surface area contributed by atoms with Crippen molar-refractivity contribution in [2.24, 2.45) is 0 Å². The summed E-state index contributed by atoms with van der Waals surface area (Å²) in [5, 5.41) is 10.0. The van der Waals surface area contributed by atoms with Gasteiger partial charge in [0.15, 0.2) is 0 Å². The first kappa shape index (κ1) is 16.1.